The van der Waals surface area contributed by atoms with E-state index in [1.54, 1.807) is 0 Å². The maximum absolute atomic E-state index is 11.3. The van der Waals surface area contributed by atoms with Crippen LogP contribution in [0.5, 0.6) is 0 Å². The molecular weight excluding hydrogens is 502 g/mol. The largest absolute Gasteiger partial charge is 0.481 e. The molecule has 0 amide bonds. The van der Waals surface area contributed by atoms with E-state index in [1.165, 1.54) is 0 Å². The van der Waals surface area contributed by atoms with Crippen molar-refractivity contribution in [1.29, 1.82) is 0 Å². The van der Waals surface area contributed by atoms with E-state index in [0.717, 1.165) is 31.5 Å². The second kappa shape index (κ2) is 16.9. The van der Waals surface area contributed by atoms with E-state index in [1.807, 2.05) is 37.4 Å². The average molecular weight is 548 g/mol. The third-order valence-electron chi connectivity index (χ3n) is 5.74. The molecule has 0 aromatic heterocycles. The number of carboxylic acids is 1. The number of hydrogen-bond acceptors (Lipinski definition) is 8. The van der Waals surface area contributed by atoms with Gasteiger partial charge in [-0.15, -0.1) is 0 Å². The van der Waals surface area contributed by atoms with Gasteiger partial charge in [0.25, 0.3) is 10.1 Å². The summed E-state index contributed by atoms with van der Waals surface area (Å²) in [7, 11) is -3.06. The van der Waals surface area contributed by atoms with Gasteiger partial charge < -0.3 is 19.2 Å². The van der Waals surface area contributed by atoms with Crippen LogP contribution in [0.15, 0.2) is 30.3 Å². The highest BCUT2D eigenvalue weighted by molar-refractivity contribution is 7.85. The van der Waals surface area contributed by atoms with Crippen LogP contribution in [0.1, 0.15) is 52.0 Å². The van der Waals surface area contributed by atoms with E-state index in [2.05, 4.69) is 42.9 Å². The number of ether oxygens (including phenoxy) is 1. The Balaban J connectivity index is 0.000000681. The summed E-state index contributed by atoms with van der Waals surface area (Å²) >= 11 is 0. The molecule has 1 aromatic rings. The van der Waals surface area contributed by atoms with E-state index in [9.17, 15) is 18.0 Å². The number of nitrogens with zero attached hydrogens (tertiary/aromatic N) is 1. The highest BCUT2D eigenvalue weighted by Gasteiger charge is 2.36. The molecule has 0 heterocycles. The monoisotopic (exact) mass is 547 g/mol. The van der Waals surface area contributed by atoms with E-state index >= 15 is 0 Å². The minimum atomic E-state index is -3.43. The van der Waals surface area contributed by atoms with Gasteiger partial charge in [0.2, 0.25) is 0 Å². The Labute approximate surface area is 218 Å². The smallest absolute Gasteiger partial charge is 0.306 e. The van der Waals surface area contributed by atoms with Crippen LogP contribution in [0.3, 0.4) is 0 Å². The van der Waals surface area contributed by atoms with Crippen LogP contribution in [0, 0.1) is 0 Å². The Morgan fingerprint density at radius 1 is 1.00 bits per heavy atom. The first-order chi connectivity index (χ1) is 16.5. The summed E-state index contributed by atoms with van der Waals surface area (Å²) in [5.41, 5.74) is 0.915. The van der Waals surface area contributed by atoms with E-state index in [-0.39, 0.29) is 37.1 Å². The Kier molecular flexibility index (Phi) is 16.0. The molecule has 0 radical (unpaired) electrons. The number of aliphatic carboxylic acids is 1. The van der Waals surface area contributed by atoms with Gasteiger partial charge in [-0.3, -0.25) is 13.8 Å². The molecule has 1 aromatic carbocycles. The highest BCUT2D eigenvalue weighted by atomic mass is 32.2. The van der Waals surface area contributed by atoms with Gasteiger partial charge in [0.1, 0.15) is 6.61 Å². The maximum atomic E-state index is 11.3. The molecule has 0 aliphatic carbocycles. The average Bonchev–Trinajstić information content (AvgIpc) is 2.75. The van der Waals surface area contributed by atoms with Crippen LogP contribution in [0.2, 0.25) is 18.1 Å². The number of carbonyl (C=O) groups is 2. The number of likely N-dealkylation sites (N-methyl/N-ethyl adjacent to an activating group) is 1. The van der Waals surface area contributed by atoms with Crippen molar-refractivity contribution in [1.82, 2.24) is 4.90 Å². The summed E-state index contributed by atoms with van der Waals surface area (Å²) in [6, 6.07) is 9.33. The van der Waals surface area contributed by atoms with Crippen LogP contribution >= 0.6 is 0 Å². The highest BCUT2D eigenvalue weighted by Crippen LogP contribution is 2.36. The van der Waals surface area contributed by atoms with Gasteiger partial charge in [0.15, 0.2) is 8.32 Å². The van der Waals surface area contributed by atoms with Gasteiger partial charge in [-0.1, -0.05) is 51.1 Å². The number of benzene rings is 1. The zero-order valence-corrected chi connectivity index (χ0v) is 24.7. The zero-order chi connectivity index (χ0) is 27.8. The van der Waals surface area contributed by atoms with E-state index in [0.29, 0.717) is 12.8 Å². The quantitative estimate of drug-likeness (QED) is 0.148. The first-order valence-electron chi connectivity index (χ1n) is 12.1. The molecule has 0 aliphatic rings. The summed E-state index contributed by atoms with van der Waals surface area (Å²) < 4.78 is 36.9. The Morgan fingerprint density at radius 2 is 1.61 bits per heavy atom. The van der Waals surface area contributed by atoms with Crippen LogP contribution in [0.4, 0.5) is 0 Å². The lowest BCUT2D eigenvalue weighted by Gasteiger charge is -2.36. The van der Waals surface area contributed by atoms with Gasteiger partial charge in [0, 0.05) is 26.0 Å². The fourth-order valence-electron chi connectivity index (χ4n) is 2.52. The van der Waals surface area contributed by atoms with E-state index < -0.39 is 24.4 Å². The SMILES string of the molecule is CN(CCCC(=O)O)CCO[Si](C)(C)C(C)(C)C.CS(=O)(=O)OCCCC(=O)OCc1ccccc1. The lowest BCUT2D eigenvalue weighted by Crippen LogP contribution is -2.42. The molecule has 0 saturated carbocycles. The molecule has 0 saturated heterocycles. The van der Waals surface area contributed by atoms with Gasteiger partial charge in [-0.05, 0) is 50.1 Å². The van der Waals surface area contributed by atoms with Gasteiger partial charge in [-0.25, -0.2) is 0 Å². The first kappa shape index (κ1) is 34.2. The van der Waals surface area contributed by atoms with Crippen molar-refractivity contribution in [2.75, 3.05) is 39.6 Å². The van der Waals surface area contributed by atoms with Crippen molar-refractivity contribution < 1.29 is 36.5 Å². The molecule has 0 aliphatic heterocycles. The van der Waals surface area contributed by atoms with Crippen molar-refractivity contribution in [3.63, 3.8) is 0 Å². The van der Waals surface area contributed by atoms with Crippen molar-refractivity contribution in [2.24, 2.45) is 0 Å². The summed E-state index contributed by atoms with van der Waals surface area (Å²) in [6.45, 7) is 13.8. The summed E-state index contributed by atoms with van der Waals surface area (Å²) in [5, 5.41) is 8.81. The zero-order valence-electron chi connectivity index (χ0n) is 22.9. The van der Waals surface area contributed by atoms with E-state index in [4.69, 9.17) is 14.3 Å². The molecule has 36 heavy (non-hydrogen) atoms. The predicted molar refractivity (Wildman–Crippen MR) is 144 cm³/mol. The van der Waals surface area contributed by atoms with Crippen LogP contribution in [-0.4, -0.2) is 78.3 Å². The number of carboxylic acid groups (broad SMARTS) is 1. The van der Waals surface area contributed by atoms with Crippen molar-refractivity contribution in [3.8, 4) is 0 Å². The molecule has 1 rings (SSSR count). The molecule has 0 fully saturated rings. The number of esters is 1. The molecule has 11 heteroatoms. The van der Waals surface area contributed by atoms with Crippen LogP contribution in [-0.2, 0) is 39.7 Å². The Morgan fingerprint density at radius 3 is 2.14 bits per heavy atom. The van der Waals surface area contributed by atoms with Crippen molar-refractivity contribution >= 4 is 30.4 Å². The fourth-order valence-corrected chi connectivity index (χ4v) is 3.98. The first-order valence-corrected chi connectivity index (χ1v) is 16.8. The molecule has 1 N–H and O–H groups in total. The lowest BCUT2D eigenvalue weighted by atomic mass is 10.2. The van der Waals surface area contributed by atoms with Crippen molar-refractivity contribution in [2.45, 2.75) is 71.2 Å². The minimum absolute atomic E-state index is 0.000724. The van der Waals surface area contributed by atoms with Crippen LogP contribution in [0.25, 0.3) is 0 Å². The van der Waals surface area contributed by atoms with Gasteiger partial charge >= 0.3 is 11.9 Å². The third-order valence-corrected chi connectivity index (χ3v) is 10.9. The van der Waals surface area contributed by atoms with Crippen molar-refractivity contribution in [3.05, 3.63) is 35.9 Å². The van der Waals surface area contributed by atoms with Crippen LogP contribution < -0.4 is 0 Å². The Hall–Kier alpha value is -1.79. The standard InChI is InChI=1S/C13H29NO3Si.C12H16O5S/c1-13(2,3)18(5,6)17-11-10-14(4)9-7-8-12(15)16;1-18(14,15)17-9-5-8-12(13)16-10-11-6-3-2-4-7-11/h7-11H2,1-6H3,(H,15,16);2-4,6-7H,5,8-10H2,1H3. The summed E-state index contributed by atoms with van der Waals surface area (Å²) in [6.07, 6.45) is 2.38. The molecule has 0 unspecified atom stereocenters. The molecule has 0 atom stereocenters. The minimum Gasteiger partial charge on any atom is -0.481 e. The van der Waals surface area contributed by atoms with Gasteiger partial charge in [0.05, 0.1) is 12.9 Å². The topological polar surface area (TPSA) is 119 Å². The summed E-state index contributed by atoms with van der Waals surface area (Å²) in [5.74, 6) is -1.09. The maximum Gasteiger partial charge on any atom is 0.306 e. The second-order valence-corrected chi connectivity index (χ2v) is 16.6. The third kappa shape index (κ3) is 18.5. The number of rotatable bonds is 15. The summed E-state index contributed by atoms with van der Waals surface area (Å²) in [4.78, 5) is 23.8. The molecular formula is C25H45NO8SSi. The molecule has 9 nitrogen and oxygen atoms in total. The van der Waals surface area contributed by atoms with Gasteiger partial charge in [-0.2, -0.15) is 8.42 Å². The normalized spacial score (nSPS) is 12.1. The number of hydrogen-bond donors (Lipinski definition) is 1. The Bertz CT molecular complexity index is 870. The fraction of sp³-hybridized carbons (Fsp3) is 0.680. The number of carbonyl (C=O) groups excluding carboxylic acids is 1. The molecule has 0 bridgehead atoms. The molecule has 208 valence electrons. The lowest BCUT2D eigenvalue weighted by molar-refractivity contribution is -0.145. The predicted octanol–water partition coefficient (Wildman–Crippen LogP) is 4.29. The second-order valence-electron chi connectivity index (χ2n) is 10.2. The molecule has 0 spiro atoms.